The molecule has 0 bridgehead atoms. The number of nitrogens with one attached hydrogen (secondary N) is 1. The number of piperidine rings is 1. The summed E-state index contributed by atoms with van der Waals surface area (Å²) in [6, 6.07) is 9.93. The molecule has 114 valence electrons. The highest BCUT2D eigenvalue weighted by atomic mass is 16.2. The molecule has 0 spiro atoms. The normalized spacial score (nSPS) is 22.1. The van der Waals surface area contributed by atoms with Gasteiger partial charge in [-0.1, -0.05) is 69.4 Å². The van der Waals surface area contributed by atoms with Crippen LogP contribution in [-0.4, -0.2) is 11.8 Å². The van der Waals surface area contributed by atoms with Gasteiger partial charge in [-0.2, -0.15) is 0 Å². The molecular weight excluding hydrogens is 262 g/mol. The van der Waals surface area contributed by atoms with Crippen LogP contribution in [0.25, 0.3) is 0 Å². The lowest BCUT2D eigenvalue weighted by Crippen LogP contribution is -2.51. The highest BCUT2D eigenvalue weighted by Gasteiger charge is 2.43. The van der Waals surface area contributed by atoms with Gasteiger partial charge in [-0.25, -0.2) is 0 Å². The van der Waals surface area contributed by atoms with Crippen LogP contribution in [0.5, 0.6) is 0 Å². The van der Waals surface area contributed by atoms with E-state index in [1.807, 2.05) is 30.3 Å². The van der Waals surface area contributed by atoms with Crippen LogP contribution in [0.4, 0.5) is 0 Å². The van der Waals surface area contributed by atoms with E-state index in [9.17, 15) is 9.59 Å². The summed E-state index contributed by atoms with van der Waals surface area (Å²) in [5.41, 5.74) is 0.534. The number of imide groups is 1. The van der Waals surface area contributed by atoms with E-state index >= 15 is 0 Å². The van der Waals surface area contributed by atoms with E-state index in [0.29, 0.717) is 12.8 Å². The first-order chi connectivity index (χ1) is 10.2. The second kappa shape index (κ2) is 7.39. The Morgan fingerprint density at radius 3 is 2.43 bits per heavy atom. The van der Waals surface area contributed by atoms with Gasteiger partial charge in [-0.15, -0.1) is 0 Å². The van der Waals surface area contributed by atoms with Crippen molar-refractivity contribution >= 4 is 11.8 Å². The van der Waals surface area contributed by atoms with E-state index in [-0.39, 0.29) is 11.8 Å². The molecule has 1 aromatic carbocycles. The van der Waals surface area contributed by atoms with Crippen molar-refractivity contribution in [2.75, 3.05) is 0 Å². The van der Waals surface area contributed by atoms with Gasteiger partial charge in [0.25, 0.3) is 0 Å². The van der Waals surface area contributed by atoms with Gasteiger partial charge in [0, 0.05) is 6.42 Å². The lowest BCUT2D eigenvalue weighted by molar-refractivity contribution is -0.138. The number of carbonyl (C=O) groups excluding carboxylic acids is 2. The SMILES string of the molecule is CCCCCCCC1(c2ccccc2)CCC(=O)NC1=O. The number of benzene rings is 1. The fourth-order valence-corrected chi connectivity index (χ4v) is 3.20. The van der Waals surface area contributed by atoms with Gasteiger partial charge in [0.05, 0.1) is 5.41 Å². The van der Waals surface area contributed by atoms with Crippen molar-refractivity contribution in [1.82, 2.24) is 5.32 Å². The lowest BCUT2D eigenvalue weighted by Gasteiger charge is -2.36. The summed E-state index contributed by atoms with van der Waals surface area (Å²) in [4.78, 5) is 24.0. The molecule has 0 radical (unpaired) electrons. The lowest BCUT2D eigenvalue weighted by atomic mass is 9.70. The van der Waals surface area contributed by atoms with E-state index in [0.717, 1.165) is 24.8 Å². The van der Waals surface area contributed by atoms with Gasteiger partial charge < -0.3 is 0 Å². The average molecular weight is 287 g/mol. The zero-order chi connectivity index (χ0) is 15.1. The summed E-state index contributed by atoms with van der Waals surface area (Å²) < 4.78 is 0. The minimum absolute atomic E-state index is 0.111. The number of hydrogen-bond donors (Lipinski definition) is 1. The average Bonchev–Trinajstić information content (AvgIpc) is 2.50. The minimum Gasteiger partial charge on any atom is -0.296 e. The Bertz CT molecular complexity index is 483. The van der Waals surface area contributed by atoms with Crippen LogP contribution >= 0.6 is 0 Å². The topological polar surface area (TPSA) is 46.2 Å². The maximum Gasteiger partial charge on any atom is 0.237 e. The van der Waals surface area contributed by atoms with E-state index < -0.39 is 5.41 Å². The number of unbranched alkanes of at least 4 members (excludes halogenated alkanes) is 4. The predicted molar refractivity (Wildman–Crippen MR) is 83.9 cm³/mol. The molecule has 1 atom stereocenters. The Labute approximate surface area is 127 Å². The predicted octanol–water partition coefficient (Wildman–Crippen LogP) is 3.72. The highest BCUT2D eigenvalue weighted by molar-refractivity contribution is 6.03. The second-order valence-corrected chi connectivity index (χ2v) is 5.99. The molecule has 0 aromatic heterocycles. The van der Waals surface area contributed by atoms with E-state index in [1.54, 1.807) is 0 Å². The summed E-state index contributed by atoms with van der Waals surface area (Å²) in [6.45, 7) is 2.20. The van der Waals surface area contributed by atoms with E-state index in [2.05, 4.69) is 12.2 Å². The Morgan fingerprint density at radius 1 is 1.05 bits per heavy atom. The molecule has 1 aliphatic heterocycles. The smallest absolute Gasteiger partial charge is 0.237 e. The van der Waals surface area contributed by atoms with E-state index in [4.69, 9.17) is 0 Å². The molecule has 0 aliphatic carbocycles. The van der Waals surface area contributed by atoms with Gasteiger partial charge in [-0.05, 0) is 18.4 Å². The van der Waals surface area contributed by atoms with Gasteiger partial charge in [-0.3, -0.25) is 14.9 Å². The van der Waals surface area contributed by atoms with Crippen LogP contribution in [0.3, 0.4) is 0 Å². The summed E-state index contributed by atoms with van der Waals surface area (Å²) >= 11 is 0. The standard InChI is InChI=1S/C18H25NO2/c1-2-3-4-5-9-13-18(15-10-7-6-8-11-15)14-12-16(20)19-17(18)21/h6-8,10-11H,2-5,9,12-14H2,1H3,(H,19,20,21). The fraction of sp³-hybridized carbons (Fsp3) is 0.556. The second-order valence-electron chi connectivity index (χ2n) is 5.99. The maximum atomic E-state index is 12.5. The Hall–Kier alpha value is -1.64. The molecule has 21 heavy (non-hydrogen) atoms. The molecule has 1 unspecified atom stereocenters. The fourth-order valence-electron chi connectivity index (χ4n) is 3.20. The van der Waals surface area contributed by atoms with Crippen LogP contribution in [0, 0.1) is 0 Å². The van der Waals surface area contributed by atoms with E-state index in [1.165, 1.54) is 19.3 Å². The third-order valence-electron chi connectivity index (χ3n) is 4.50. The van der Waals surface area contributed by atoms with Gasteiger partial charge in [0.15, 0.2) is 0 Å². The molecule has 3 heteroatoms. The van der Waals surface area contributed by atoms with Crippen LogP contribution in [0.1, 0.15) is 63.9 Å². The number of rotatable bonds is 7. The summed E-state index contributed by atoms with van der Waals surface area (Å²) in [6.07, 6.45) is 7.80. The van der Waals surface area contributed by atoms with Crippen molar-refractivity contribution in [2.24, 2.45) is 0 Å². The molecule has 3 nitrogen and oxygen atoms in total. The van der Waals surface area contributed by atoms with Crippen molar-refractivity contribution in [3.63, 3.8) is 0 Å². The number of carbonyl (C=O) groups is 2. The van der Waals surface area contributed by atoms with Crippen molar-refractivity contribution in [3.8, 4) is 0 Å². The third-order valence-corrected chi connectivity index (χ3v) is 4.50. The van der Waals surface area contributed by atoms with Crippen LogP contribution < -0.4 is 5.32 Å². The van der Waals surface area contributed by atoms with Crippen molar-refractivity contribution in [3.05, 3.63) is 35.9 Å². The monoisotopic (exact) mass is 287 g/mol. The summed E-state index contributed by atoms with van der Waals surface area (Å²) in [5.74, 6) is -0.252. The summed E-state index contributed by atoms with van der Waals surface area (Å²) in [7, 11) is 0. The molecule has 1 aliphatic rings. The Morgan fingerprint density at radius 2 is 1.76 bits per heavy atom. The molecule has 1 heterocycles. The van der Waals surface area contributed by atoms with Gasteiger partial charge in [0.2, 0.25) is 11.8 Å². The molecule has 2 rings (SSSR count). The first-order valence-electron chi connectivity index (χ1n) is 8.09. The Kier molecular flexibility index (Phi) is 5.54. The Balaban J connectivity index is 2.11. The number of amides is 2. The first kappa shape index (κ1) is 15.7. The molecular formula is C18H25NO2. The molecule has 0 saturated carbocycles. The molecule has 2 amide bonds. The first-order valence-corrected chi connectivity index (χ1v) is 8.09. The minimum atomic E-state index is -0.513. The summed E-state index contributed by atoms with van der Waals surface area (Å²) in [5, 5.41) is 2.54. The van der Waals surface area contributed by atoms with Gasteiger partial charge >= 0.3 is 0 Å². The number of hydrogen-bond acceptors (Lipinski definition) is 2. The third kappa shape index (κ3) is 3.72. The van der Waals surface area contributed by atoms with Crippen LogP contribution in [0.15, 0.2) is 30.3 Å². The van der Waals surface area contributed by atoms with Crippen molar-refractivity contribution in [2.45, 2.75) is 63.7 Å². The zero-order valence-corrected chi connectivity index (χ0v) is 12.9. The highest BCUT2D eigenvalue weighted by Crippen LogP contribution is 2.37. The zero-order valence-electron chi connectivity index (χ0n) is 12.9. The van der Waals surface area contributed by atoms with Crippen molar-refractivity contribution in [1.29, 1.82) is 0 Å². The molecule has 1 fully saturated rings. The molecule has 1 N–H and O–H groups in total. The largest absolute Gasteiger partial charge is 0.296 e. The van der Waals surface area contributed by atoms with Crippen molar-refractivity contribution < 1.29 is 9.59 Å². The quantitative estimate of drug-likeness (QED) is 0.613. The molecule has 1 aromatic rings. The molecule has 1 saturated heterocycles. The maximum absolute atomic E-state index is 12.5. The van der Waals surface area contributed by atoms with Crippen LogP contribution in [0.2, 0.25) is 0 Å². The van der Waals surface area contributed by atoms with Crippen LogP contribution in [-0.2, 0) is 15.0 Å². The van der Waals surface area contributed by atoms with Gasteiger partial charge in [0.1, 0.15) is 0 Å².